The first-order chi connectivity index (χ1) is 12.5. The molecule has 0 N–H and O–H groups in total. The van der Waals surface area contributed by atoms with Crippen molar-refractivity contribution >= 4 is 26.8 Å². The second-order valence-corrected chi connectivity index (χ2v) is 9.31. The number of cyclic esters (lactones) is 2. The smallest absolute Gasteiger partial charge is 0.393 e. The van der Waals surface area contributed by atoms with Crippen LogP contribution in [0.4, 0.5) is 0 Å². The van der Waals surface area contributed by atoms with Crippen LogP contribution in [0.3, 0.4) is 0 Å². The molecule has 1 unspecified atom stereocenters. The van der Waals surface area contributed by atoms with Crippen LogP contribution in [0.25, 0.3) is 6.08 Å². The first-order valence-corrected chi connectivity index (χ1v) is 10.6. The molecule has 0 spiro atoms. The maximum atomic E-state index is 11.4. The minimum absolute atomic E-state index is 0.178. The van der Waals surface area contributed by atoms with Gasteiger partial charge in [0.15, 0.2) is 0 Å². The quantitative estimate of drug-likeness (QED) is 0.354. The maximum Gasteiger partial charge on any atom is 0.500 e. The van der Waals surface area contributed by atoms with Crippen LogP contribution >= 0.6 is 0 Å². The zero-order valence-electron chi connectivity index (χ0n) is 15.5. The highest BCUT2D eigenvalue weighted by Crippen LogP contribution is 2.21. The van der Waals surface area contributed by atoms with E-state index in [4.69, 9.17) is 13.3 Å². The fraction of sp³-hybridized carbons (Fsp3) is 0.474. The molecule has 26 heavy (non-hydrogen) atoms. The largest absolute Gasteiger partial charge is 0.500 e. The minimum atomic E-state index is -2.50. The Morgan fingerprint density at radius 2 is 1.77 bits per heavy atom. The van der Waals surface area contributed by atoms with E-state index in [1.165, 1.54) is 5.56 Å². The molecule has 1 saturated heterocycles. The SMILES string of the molecule is CO[Si](CCCc1ccc(C=CCC2CC(=O)OC2=O)cc1)(OC)OC. The van der Waals surface area contributed by atoms with Crippen molar-refractivity contribution < 1.29 is 27.6 Å². The van der Waals surface area contributed by atoms with E-state index in [9.17, 15) is 9.59 Å². The summed E-state index contributed by atoms with van der Waals surface area (Å²) >= 11 is 0. The third kappa shape index (κ3) is 5.60. The Labute approximate surface area is 155 Å². The number of allylic oxidation sites excluding steroid dienone is 1. The second-order valence-electron chi connectivity index (χ2n) is 6.22. The van der Waals surface area contributed by atoms with Crippen LogP contribution in [0.15, 0.2) is 30.3 Å². The van der Waals surface area contributed by atoms with E-state index in [0.29, 0.717) is 6.42 Å². The van der Waals surface area contributed by atoms with Crippen LogP contribution < -0.4 is 0 Å². The van der Waals surface area contributed by atoms with Crippen LogP contribution in [-0.4, -0.2) is 42.1 Å². The van der Waals surface area contributed by atoms with Crippen molar-refractivity contribution in [2.45, 2.75) is 31.7 Å². The molecule has 2 rings (SSSR count). The van der Waals surface area contributed by atoms with Crippen molar-refractivity contribution in [3.63, 3.8) is 0 Å². The van der Waals surface area contributed by atoms with E-state index >= 15 is 0 Å². The number of aryl methyl sites for hydroxylation is 1. The van der Waals surface area contributed by atoms with Gasteiger partial charge >= 0.3 is 20.7 Å². The van der Waals surface area contributed by atoms with E-state index in [0.717, 1.165) is 24.4 Å². The minimum Gasteiger partial charge on any atom is -0.393 e. The lowest BCUT2D eigenvalue weighted by molar-refractivity contribution is -0.153. The lowest BCUT2D eigenvalue weighted by Crippen LogP contribution is -2.42. The lowest BCUT2D eigenvalue weighted by atomic mass is 10.0. The Hall–Kier alpha value is -1.80. The van der Waals surface area contributed by atoms with Gasteiger partial charge < -0.3 is 18.0 Å². The lowest BCUT2D eigenvalue weighted by Gasteiger charge is -2.24. The molecule has 1 aromatic rings. The molecule has 1 aliphatic rings. The molecule has 0 bridgehead atoms. The van der Waals surface area contributed by atoms with Gasteiger partial charge in [-0.1, -0.05) is 36.4 Å². The predicted octanol–water partition coefficient (Wildman–Crippen LogP) is 2.99. The molecule has 0 aliphatic carbocycles. The molecule has 0 radical (unpaired) electrons. The molecule has 1 atom stereocenters. The standard InChI is InChI=1S/C19H26O6Si/c1-22-26(23-2,24-3)13-5-7-16-11-9-15(10-12-16)6-4-8-17-14-18(20)25-19(17)21/h4,6,9-12,17H,5,7-8,13-14H2,1-3H3. The monoisotopic (exact) mass is 378 g/mol. The Morgan fingerprint density at radius 1 is 1.12 bits per heavy atom. The van der Waals surface area contributed by atoms with Crippen molar-refractivity contribution in [3.05, 3.63) is 41.5 Å². The normalized spacial score (nSPS) is 17.9. The number of carbonyl (C=O) groups is 2. The third-order valence-corrected chi connectivity index (χ3v) is 7.38. The van der Waals surface area contributed by atoms with Gasteiger partial charge in [-0.15, -0.1) is 0 Å². The van der Waals surface area contributed by atoms with Crippen LogP contribution in [0.1, 0.15) is 30.4 Å². The van der Waals surface area contributed by atoms with E-state index in [1.807, 2.05) is 24.3 Å². The summed E-state index contributed by atoms with van der Waals surface area (Å²) in [5.41, 5.74) is 2.29. The molecule has 0 amide bonds. The molecule has 0 saturated carbocycles. The van der Waals surface area contributed by atoms with Gasteiger partial charge in [-0.05, 0) is 30.4 Å². The number of rotatable bonds is 10. The Balaban J connectivity index is 1.80. The predicted molar refractivity (Wildman–Crippen MR) is 99.2 cm³/mol. The van der Waals surface area contributed by atoms with Crippen LogP contribution in [0, 0.1) is 5.92 Å². The fourth-order valence-corrected chi connectivity index (χ4v) is 4.65. The zero-order chi connectivity index (χ0) is 19.0. The van der Waals surface area contributed by atoms with Crippen LogP contribution in [0.5, 0.6) is 0 Å². The number of hydrogen-bond donors (Lipinski definition) is 0. The van der Waals surface area contributed by atoms with Gasteiger partial charge in [0, 0.05) is 27.4 Å². The maximum absolute atomic E-state index is 11.4. The molecule has 0 aromatic heterocycles. The molecular weight excluding hydrogens is 352 g/mol. The molecule has 1 heterocycles. The van der Waals surface area contributed by atoms with Crippen molar-refractivity contribution in [2.75, 3.05) is 21.3 Å². The number of esters is 2. The van der Waals surface area contributed by atoms with Crippen LogP contribution in [-0.2, 0) is 34.0 Å². The average Bonchev–Trinajstić information content (AvgIpc) is 2.98. The van der Waals surface area contributed by atoms with E-state index in [1.54, 1.807) is 21.3 Å². The van der Waals surface area contributed by atoms with Gasteiger partial charge in [0.2, 0.25) is 0 Å². The molecule has 1 aromatic carbocycles. The Morgan fingerprint density at radius 3 is 2.31 bits per heavy atom. The zero-order valence-corrected chi connectivity index (χ0v) is 16.5. The molecule has 7 heteroatoms. The van der Waals surface area contributed by atoms with E-state index in [2.05, 4.69) is 16.9 Å². The molecule has 142 valence electrons. The first kappa shape index (κ1) is 20.5. The summed E-state index contributed by atoms with van der Waals surface area (Å²) in [7, 11) is 2.38. The second kappa shape index (κ2) is 9.77. The molecular formula is C19H26O6Si. The Kier molecular flexibility index (Phi) is 7.71. The highest BCUT2D eigenvalue weighted by Gasteiger charge is 2.36. The average molecular weight is 378 g/mol. The summed E-state index contributed by atoms with van der Waals surface area (Å²) in [5, 5.41) is 0. The summed E-state index contributed by atoms with van der Waals surface area (Å²) in [6, 6.07) is 9.02. The van der Waals surface area contributed by atoms with Crippen LogP contribution in [0.2, 0.25) is 6.04 Å². The molecule has 1 aliphatic heterocycles. The summed E-state index contributed by atoms with van der Waals surface area (Å²) in [4.78, 5) is 22.5. The van der Waals surface area contributed by atoms with Gasteiger partial charge in [-0.3, -0.25) is 9.59 Å². The molecule has 1 fully saturated rings. The highest BCUT2D eigenvalue weighted by atomic mass is 28.4. The topological polar surface area (TPSA) is 71.1 Å². The van der Waals surface area contributed by atoms with E-state index < -0.39 is 20.7 Å². The number of ether oxygens (including phenoxy) is 1. The fourth-order valence-electron chi connectivity index (χ4n) is 2.93. The van der Waals surface area contributed by atoms with Gasteiger partial charge in [0.1, 0.15) is 0 Å². The van der Waals surface area contributed by atoms with E-state index in [-0.39, 0.29) is 12.3 Å². The van der Waals surface area contributed by atoms with Crippen molar-refractivity contribution in [1.29, 1.82) is 0 Å². The van der Waals surface area contributed by atoms with Gasteiger partial charge in [0.05, 0.1) is 12.3 Å². The molecule has 6 nitrogen and oxygen atoms in total. The van der Waals surface area contributed by atoms with Gasteiger partial charge in [0.25, 0.3) is 0 Å². The highest BCUT2D eigenvalue weighted by molar-refractivity contribution is 6.60. The Bertz CT molecular complexity index is 628. The summed E-state index contributed by atoms with van der Waals surface area (Å²) < 4.78 is 20.8. The summed E-state index contributed by atoms with van der Waals surface area (Å²) in [6.45, 7) is 0. The number of carbonyl (C=O) groups excluding carboxylic acids is 2. The van der Waals surface area contributed by atoms with Gasteiger partial charge in [-0.25, -0.2) is 0 Å². The number of hydrogen-bond acceptors (Lipinski definition) is 6. The summed E-state index contributed by atoms with van der Waals surface area (Å²) in [5.74, 6) is -1.19. The van der Waals surface area contributed by atoms with Crippen molar-refractivity contribution in [2.24, 2.45) is 5.92 Å². The number of benzene rings is 1. The van der Waals surface area contributed by atoms with Crippen molar-refractivity contribution in [1.82, 2.24) is 0 Å². The van der Waals surface area contributed by atoms with Gasteiger partial charge in [-0.2, -0.15) is 0 Å². The first-order valence-electron chi connectivity index (χ1n) is 8.67. The third-order valence-electron chi connectivity index (χ3n) is 4.55. The van der Waals surface area contributed by atoms with Crippen molar-refractivity contribution in [3.8, 4) is 0 Å². The summed E-state index contributed by atoms with van der Waals surface area (Å²) in [6.07, 6.45) is 6.41.